The fourth-order valence-electron chi connectivity index (χ4n) is 12.4. The third kappa shape index (κ3) is 24.5. The zero-order chi connectivity index (χ0) is 74.5. The SMILES string of the molecule is CC[C@H](NC(=O)[C@@H](NC(=O)[C@@H]1CCCN1C(=O)[C@@H]1CCCN1C(=O)[C@@H](NC(=O)[C@H](CO)NC(=O)CN(CCCCN)C(=O)[C@@H](NC(=O)[C@H](CC)NC(=O)[C@@H](N)CCCCN)[C@H](C)O)[C@@H](C)CC)[C@@H](C)CC)C(=O)N[C@@H](Cc1ccccc1)C(=O)N1CCC[C@H]1C(=O)N[C@@H](CC(=O)O)C(=O)O. The van der Waals surface area contributed by atoms with E-state index in [9.17, 15) is 87.5 Å². The molecule has 560 valence electrons. The van der Waals surface area contributed by atoms with Crippen LogP contribution in [0.25, 0.3) is 0 Å². The molecule has 1 aromatic carbocycles. The summed E-state index contributed by atoms with van der Waals surface area (Å²) in [5, 5.41) is 60.9. The largest absolute Gasteiger partial charge is 0.481 e. The van der Waals surface area contributed by atoms with Gasteiger partial charge in [-0.25, -0.2) is 4.79 Å². The normalized spacial score (nSPS) is 19.5. The number of carbonyl (C=O) groups excluding carboxylic acids is 12. The van der Waals surface area contributed by atoms with Gasteiger partial charge in [-0.15, -0.1) is 0 Å². The van der Waals surface area contributed by atoms with Crippen molar-refractivity contribution in [3.8, 4) is 0 Å². The maximum atomic E-state index is 14.8. The zero-order valence-electron chi connectivity index (χ0n) is 58.7. The molecule has 18 N–H and O–H groups in total. The van der Waals surface area contributed by atoms with Crippen LogP contribution in [-0.4, -0.2) is 254 Å². The number of aliphatic hydroxyl groups is 2. The van der Waals surface area contributed by atoms with E-state index in [0.29, 0.717) is 69.9 Å². The Labute approximate surface area is 584 Å². The number of hydrogen-bond donors (Lipinski definition) is 15. The highest BCUT2D eigenvalue weighted by atomic mass is 16.4. The van der Waals surface area contributed by atoms with Gasteiger partial charge >= 0.3 is 11.9 Å². The maximum absolute atomic E-state index is 14.8. The molecular weight excluding hydrogens is 1300 g/mol. The second-order valence-electron chi connectivity index (χ2n) is 26.2. The number of nitrogens with zero attached hydrogens (tertiary/aromatic N) is 4. The number of amides is 12. The summed E-state index contributed by atoms with van der Waals surface area (Å²) in [4.78, 5) is 197. The number of carboxylic acid groups (broad SMARTS) is 2. The zero-order valence-corrected chi connectivity index (χ0v) is 58.7. The number of aliphatic carboxylic acids is 2. The van der Waals surface area contributed by atoms with Crippen LogP contribution in [0.3, 0.4) is 0 Å². The molecule has 3 fully saturated rings. The van der Waals surface area contributed by atoms with E-state index in [0.717, 1.165) is 4.90 Å². The molecule has 33 nitrogen and oxygen atoms in total. The first-order valence-electron chi connectivity index (χ1n) is 35.1. The Morgan fingerprint density at radius 3 is 1.59 bits per heavy atom. The van der Waals surface area contributed by atoms with Gasteiger partial charge in [0.25, 0.3) is 0 Å². The van der Waals surface area contributed by atoms with E-state index in [-0.39, 0.29) is 77.7 Å². The molecule has 0 aliphatic carbocycles. The van der Waals surface area contributed by atoms with Crippen molar-refractivity contribution in [2.75, 3.05) is 52.4 Å². The van der Waals surface area contributed by atoms with Crippen molar-refractivity contribution >= 4 is 82.8 Å². The average molecular weight is 1410 g/mol. The lowest BCUT2D eigenvalue weighted by Crippen LogP contribution is -2.61. The van der Waals surface area contributed by atoms with E-state index < -0.39 is 193 Å². The number of nitrogens with two attached hydrogens (primary N) is 3. The number of nitrogens with one attached hydrogen (secondary N) is 8. The summed E-state index contributed by atoms with van der Waals surface area (Å²) in [5.74, 6) is -13.3. The van der Waals surface area contributed by atoms with E-state index in [1.165, 1.54) is 21.6 Å². The maximum Gasteiger partial charge on any atom is 0.326 e. The van der Waals surface area contributed by atoms with Gasteiger partial charge in [0.2, 0.25) is 70.9 Å². The molecule has 3 aliphatic rings. The highest BCUT2D eigenvalue weighted by Crippen LogP contribution is 2.28. The Hall–Kier alpha value is -8.40. The minimum atomic E-state index is -1.77. The molecule has 15 atom stereocenters. The van der Waals surface area contributed by atoms with Gasteiger partial charge in [-0.05, 0) is 114 Å². The molecule has 0 unspecified atom stereocenters. The summed E-state index contributed by atoms with van der Waals surface area (Å²) in [6.07, 6.45) is 2.16. The standard InChI is InChI=1S/C67H109N15O18/c1-8-38(5)53(62(94)73-43(10-3)57(89)74-45(34-41-22-13-12-14-23-41)63(95)80-31-19-25-48(80)60(92)75-46(67(99)100)35-52(86)87)76-61(93)49-26-20-32-81(49)64(96)50-27-21-33-82(50)66(98)54(39(6)9-2)77-59(91)47(37-83)71-51(85)36-79(30-18-17-29-69)65(97)55(40(7)84)78-58(90)44(11-4)72-56(88)42(70)24-15-16-28-68/h12-14,22-23,38-40,42-50,53-55,83-84H,8-11,15-21,24-37,68-70H2,1-7H3,(H,71,85)(H,72,88)(H,73,94)(H,74,89)(H,75,92)(H,76,93)(H,77,91)(H,78,90)(H,86,87)(H,99,100)/t38-,39-,40-,42-,43-,44-,45-,46-,47-,48-,49-,50-,53-,54-,55-/m0/s1. The molecule has 0 radical (unpaired) electrons. The number of hydrogen-bond acceptors (Lipinski definition) is 19. The van der Waals surface area contributed by atoms with Crippen molar-refractivity contribution < 1.29 is 87.5 Å². The van der Waals surface area contributed by atoms with Crippen LogP contribution >= 0.6 is 0 Å². The molecule has 1 aromatic rings. The first-order valence-corrected chi connectivity index (χ1v) is 35.1. The Bertz CT molecular complexity index is 2960. The second kappa shape index (κ2) is 42.0. The van der Waals surface area contributed by atoms with Gasteiger partial charge in [-0.3, -0.25) is 62.3 Å². The Morgan fingerprint density at radius 2 is 1.04 bits per heavy atom. The molecular formula is C67H109N15O18. The van der Waals surface area contributed by atoms with Crippen molar-refractivity contribution in [3.05, 3.63) is 35.9 Å². The lowest BCUT2D eigenvalue weighted by atomic mass is 9.96. The summed E-state index contributed by atoms with van der Waals surface area (Å²) in [5.41, 5.74) is 17.9. The second-order valence-corrected chi connectivity index (χ2v) is 26.2. The highest BCUT2D eigenvalue weighted by molar-refractivity contribution is 6.00. The Morgan fingerprint density at radius 1 is 0.540 bits per heavy atom. The summed E-state index contributed by atoms with van der Waals surface area (Å²) in [6, 6.07) is -6.99. The molecule has 0 bridgehead atoms. The van der Waals surface area contributed by atoms with Crippen LogP contribution in [0.15, 0.2) is 30.3 Å². The minimum absolute atomic E-state index is 0.0107. The van der Waals surface area contributed by atoms with Gasteiger partial charge < -0.3 is 99.8 Å². The molecule has 3 saturated heterocycles. The number of aliphatic hydroxyl groups excluding tert-OH is 2. The predicted molar refractivity (Wildman–Crippen MR) is 364 cm³/mol. The lowest BCUT2D eigenvalue weighted by Gasteiger charge is -2.35. The molecule has 0 saturated carbocycles. The molecule has 3 heterocycles. The number of unbranched alkanes of at least 4 members (excludes halogenated alkanes) is 2. The molecule has 0 aromatic heterocycles. The topological polar surface area (TPSA) is 507 Å². The van der Waals surface area contributed by atoms with Crippen LogP contribution in [-0.2, 0) is 73.5 Å². The first-order chi connectivity index (χ1) is 47.5. The van der Waals surface area contributed by atoms with Gasteiger partial charge in [0.15, 0.2) is 0 Å². The molecule has 3 aliphatic heterocycles. The van der Waals surface area contributed by atoms with Gasteiger partial charge in [-0.2, -0.15) is 0 Å². The number of benzene rings is 1. The number of rotatable bonds is 42. The van der Waals surface area contributed by atoms with Crippen LogP contribution in [0.2, 0.25) is 0 Å². The number of carbonyl (C=O) groups is 14. The smallest absolute Gasteiger partial charge is 0.326 e. The monoisotopic (exact) mass is 1410 g/mol. The molecule has 33 heteroatoms. The molecule has 4 rings (SSSR count). The van der Waals surface area contributed by atoms with Crippen molar-refractivity contribution in [3.63, 3.8) is 0 Å². The fourth-order valence-corrected chi connectivity index (χ4v) is 12.4. The number of carboxylic acids is 2. The van der Waals surface area contributed by atoms with Gasteiger partial charge in [0.1, 0.15) is 66.5 Å². The van der Waals surface area contributed by atoms with E-state index in [1.54, 1.807) is 71.9 Å². The molecule has 100 heavy (non-hydrogen) atoms. The molecule has 12 amide bonds. The van der Waals surface area contributed by atoms with E-state index in [2.05, 4.69) is 42.5 Å². The highest BCUT2D eigenvalue weighted by Gasteiger charge is 2.47. The first kappa shape index (κ1) is 84.0. The van der Waals surface area contributed by atoms with Crippen molar-refractivity contribution in [2.45, 2.75) is 236 Å². The third-order valence-corrected chi connectivity index (χ3v) is 18.8. The van der Waals surface area contributed by atoms with Crippen LogP contribution in [0.5, 0.6) is 0 Å². The number of likely N-dealkylation sites (tertiary alicyclic amines) is 3. The Kier molecular flexibility index (Phi) is 35.3. The Balaban J connectivity index is 1.47. The van der Waals surface area contributed by atoms with Gasteiger partial charge in [-0.1, -0.05) is 91.1 Å². The third-order valence-electron chi connectivity index (χ3n) is 18.8. The van der Waals surface area contributed by atoms with E-state index in [4.69, 9.17) is 17.2 Å². The summed E-state index contributed by atoms with van der Waals surface area (Å²) in [7, 11) is 0. The van der Waals surface area contributed by atoms with Crippen LogP contribution < -0.4 is 59.7 Å². The lowest BCUT2D eigenvalue weighted by molar-refractivity contribution is -0.149. The predicted octanol–water partition coefficient (Wildman–Crippen LogP) is -3.05. The summed E-state index contributed by atoms with van der Waals surface area (Å²) in [6.45, 7) is 10.6. The average Bonchev–Trinajstić information content (AvgIpc) is 1.57. The van der Waals surface area contributed by atoms with Crippen molar-refractivity contribution in [1.29, 1.82) is 0 Å². The van der Waals surface area contributed by atoms with Gasteiger partial charge in [0, 0.05) is 32.6 Å². The fraction of sp³-hybridized carbons (Fsp3) is 0.701. The summed E-state index contributed by atoms with van der Waals surface area (Å²) < 4.78 is 0. The van der Waals surface area contributed by atoms with Crippen molar-refractivity contribution in [2.24, 2.45) is 29.0 Å². The minimum Gasteiger partial charge on any atom is -0.481 e. The van der Waals surface area contributed by atoms with Crippen LogP contribution in [0.1, 0.15) is 157 Å². The summed E-state index contributed by atoms with van der Waals surface area (Å²) >= 11 is 0. The quantitative estimate of drug-likeness (QED) is 0.0289. The van der Waals surface area contributed by atoms with Crippen molar-refractivity contribution in [1.82, 2.24) is 62.1 Å². The van der Waals surface area contributed by atoms with Gasteiger partial charge in [0.05, 0.1) is 31.7 Å². The van der Waals surface area contributed by atoms with Crippen LogP contribution in [0.4, 0.5) is 0 Å². The van der Waals surface area contributed by atoms with E-state index >= 15 is 0 Å². The van der Waals surface area contributed by atoms with E-state index in [1.807, 2.05) is 0 Å². The molecule has 0 spiro atoms. The van der Waals surface area contributed by atoms with Crippen LogP contribution in [0, 0.1) is 11.8 Å².